The number of imide groups is 1. The average Bonchev–Trinajstić information content (AvgIpc) is 2.64. The van der Waals surface area contributed by atoms with E-state index in [9.17, 15) is 14.4 Å². The monoisotopic (exact) mass is 285 g/mol. The SMILES string of the molecule is CCCN(CCO)C(=O)CCCN1C(=O)CN(C)C1=O. The van der Waals surface area contributed by atoms with Gasteiger partial charge in [-0.1, -0.05) is 6.92 Å². The Kier molecular flexibility index (Phi) is 6.44. The number of hydrogen-bond donors (Lipinski definition) is 1. The Hall–Kier alpha value is -1.63. The maximum Gasteiger partial charge on any atom is 0.326 e. The standard InChI is InChI=1S/C13H23N3O4/c1-3-6-15(8-9-17)11(18)5-4-7-16-12(19)10-14(2)13(16)20/h17H,3-10H2,1-2H3. The second-order valence-corrected chi connectivity index (χ2v) is 4.89. The van der Waals surface area contributed by atoms with Crippen LogP contribution in [0.25, 0.3) is 0 Å². The minimum Gasteiger partial charge on any atom is -0.395 e. The van der Waals surface area contributed by atoms with E-state index in [0.717, 1.165) is 6.42 Å². The molecule has 7 nitrogen and oxygen atoms in total. The third-order valence-corrected chi connectivity index (χ3v) is 3.22. The molecular formula is C13H23N3O4. The molecule has 20 heavy (non-hydrogen) atoms. The number of likely N-dealkylation sites (N-methyl/N-ethyl adjacent to an activating group) is 1. The van der Waals surface area contributed by atoms with Crippen molar-refractivity contribution < 1.29 is 19.5 Å². The maximum absolute atomic E-state index is 11.9. The molecule has 0 spiro atoms. The largest absolute Gasteiger partial charge is 0.395 e. The van der Waals surface area contributed by atoms with E-state index < -0.39 is 0 Å². The first-order chi connectivity index (χ1) is 9.51. The third kappa shape index (κ3) is 4.19. The van der Waals surface area contributed by atoms with Crippen LogP contribution < -0.4 is 0 Å². The Balaban J connectivity index is 2.37. The molecule has 114 valence electrons. The van der Waals surface area contributed by atoms with Crippen LogP contribution in [0.3, 0.4) is 0 Å². The molecule has 1 fully saturated rings. The molecule has 1 heterocycles. The van der Waals surface area contributed by atoms with E-state index in [1.54, 1.807) is 11.9 Å². The fraction of sp³-hybridized carbons (Fsp3) is 0.769. The number of rotatable bonds is 8. The van der Waals surface area contributed by atoms with Gasteiger partial charge in [-0.15, -0.1) is 0 Å². The molecule has 1 rings (SSSR count). The molecular weight excluding hydrogens is 262 g/mol. The Labute approximate surface area is 119 Å². The number of nitrogens with zero attached hydrogens (tertiary/aromatic N) is 3. The summed E-state index contributed by atoms with van der Waals surface area (Å²) in [5.74, 6) is -0.265. The van der Waals surface area contributed by atoms with Crippen LogP contribution >= 0.6 is 0 Å². The Bertz CT molecular complexity index is 367. The fourth-order valence-corrected chi connectivity index (χ4v) is 2.19. The summed E-state index contributed by atoms with van der Waals surface area (Å²) in [5, 5.41) is 8.91. The van der Waals surface area contributed by atoms with Gasteiger partial charge in [0, 0.05) is 33.1 Å². The van der Waals surface area contributed by atoms with Crippen molar-refractivity contribution in [3.05, 3.63) is 0 Å². The van der Waals surface area contributed by atoms with Crippen LogP contribution in [0.2, 0.25) is 0 Å². The molecule has 7 heteroatoms. The highest BCUT2D eigenvalue weighted by atomic mass is 16.3. The summed E-state index contributed by atoms with van der Waals surface area (Å²) in [4.78, 5) is 39.3. The van der Waals surface area contributed by atoms with Crippen molar-refractivity contribution in [1.82, 2.24) is 14.7 Å². The molecule has 0 aromatic carbocycles. The molecule has 0 bridgehead atoms. The highest BCUT2D eigenvalue weighted by molar-refractivity contribution is 6.01. The van der Waals surface area contributed by atoms with Gasteiger partial charge in [0.1, 0.15) is 6.54 Å². The van der Waals surface area contributed by atoms with Crippen molar-refractivity contribution in [1.29, 1.82) is 0 Å². The maximum atomic E-state index is 11.9. The predicted molar refractivity (Wildman–Crippen MR) is 72.9 cm³/mol. The minimum absolute atomic E-state index is 0.0478. The second kappa shape index (κ2) is 7.84. The van der Waals surface area contributed by atoms with Gasteiger partial charge in [0.2, 0.25) is 11.8 Å². The summed E-state index contributed by atoms with van der Waals surface area (Å²) in [6.07, 6.45) is 1.57. The Morgan fingerprint density at radius 2 is 2.05 bits per heavy atom. The predicted octanol–water partition coefficient (Wildman–Crippen LogP) is -0.108. The molecule has 0 radical (unpaired) electrons. The number of urea groups is 1. The zero-order valence-corrected chi connectivity index (χ0v) is 12.2. The summed E-state index contributed by atoms with van der Waals surface area (Å²) in [6.45, 7) is 3.24. The van der Waals surface area contributed by atoms with E-state index in [2.05, 4.69) is 0 Å². The van der Waals surface area contributed by atoms with E-state index in [1.807, 2.05) is 6.92 Å². The van der Waals surface area contributed by atoms with Gasteiger partial charge in [-0.3, -0.25) is 14.5 Å². The zero-order chi connectivity index (χ0) is 15.1. The van der Waals surface area contributed by atoms with E-state index in [4.69, 9.17) is 5.11 Å². The van der Waals surface area contributed by atoms with Gasteiger partial charge < -0.3 is 14.9 Å². The normalized spacial score (nSPS) is 15.2. The first-order valence-corrected chi connectivity index (χ1v) is 6.95. The molecule has 1 saturated heterocycles. The van der Waals surface area contributed by atoms with Crippen molar-refractivity contribution in [2.45, 2.75) is 26.2 Å². The molecule has 0 aromatic heterocycles. The van der Waals surface area contributed by atoms with Crippen LogP contribution in [0.5, 0.6) is 0 Å². The Morgan fingerprint density at radius 3 is 2.55 bits per heavy atom. The second-order valence-electron chi connectivity index (χ2n) is 4.89. The van der Waals surface area contributed by atoms with Gasteiger partial charge in [0.15, 0.2) is 0 Å². The van der Waals surface area contributed by atoms with Gasteiger partial charge >= 0.3 is 6.03 Å². The summed E-state index contributed by atoms with van der Waals surface area (Å²) in [7, 11) is 1.58. The van der Waals surface area contributed by atoms with Gasteiger partial charge in [0.05, 0.1) is 6.61 Å². The lowest BCUT2D eigenvalue weighted by Crippen LogP contribution is -2.36. The number of carbonyl (C=O) groups is 3. The molecule has 0 aromatic rings. The van der Waals surface area contributed by atoms with Gasteiger partial charge in [0.25, 0.3) is 0 Å². The van der Waals surface area contributed by atoms with Crippen LogP contribution in [0, 0.1) is 0 Å². The van der Waals surface area contributed by atoms with Gasteiger partial charge in [-0.05, 0) is 12.8 Å². The molecule has 4 amide bonds. The number of amides is 4. The summed E-state index contributed by atoms with van der Waals surface area (Å²) < 4.78 is 0. The van der Waals surface area contributed by atoms with Crippen LogP contribution in [0.1, 0.15) is 26.2 Å². The number of aliphatic hydroxyl groups excluding tert-OH is 1. The van der Waals surface area contributed by atoms with Gasteiger partial charge in [-0.2, -0.15) is 0 Å². The molecule has 1 aliphatic heterocycles. The van der Waals surface area contributed by atoms with E-state index in [-0.39, 0.29) is 44.0 Å². The average molecular weight is 285 g/mol. The quantitative estimate of drug-likeness (QED) is 0.631. The Morgan fingerprint density at radius 1 is 1.35 bits per heavy atom. The lowest BCUT2D eigenvalue weighted by atomic mass is 10.2. The van der Waals surface area contributed by atoms with Crippen molar-refractivity contribution in [3.8, 4) is 0 Å². The van der Waals surface area contributed by atoms with Crippen molar-refractivity contribution in [3.63, 3.8) is 0 Å². The van der Waals surface area contributed by atoms with Crippen LogP contribution in [0.4, 0.5) is 4.79 Å². The number of aliphatic hydroxyl groups is 1. The summed E-state index contributed by atoms with van der Waals surface area (Å²) in [5.41, 5.74) is 0. The summed E-state index contributed by atoms with van der Waals surface area (Å²) >= 11 is 0. The topological polar surface area (TPSA) is 81.2 Å². The van der Waals surface area contributed by atoms with Gasteiger partial charge in [-0.25, -0.2) is 4.79 Å². The zero-order valence-electron chi connectivity index (χ0n) is 12.2. The highest BCUT2D eigenvalue weighted by Gasteiger charge is 2.32. The van der Waals surface area contributed by atoms with E-state index in [0.29, 0.717) is 19.5 Å². The van der Waals surface area contributed by atoms with E-state index in [1.165, 1.54) is 9.80 Å². The smallest absolute Gasteiger partial charge is 0.326 e. The number of hydrogen-bond acceptors (Lipinski definition) is 4. The number of carbonyl (C=O) groups excluding carboxylic acids is 3. The van der Waals surface area contributed by atoms with Crippen LogP contribution in [-0.2, 0) is 9.59 Å². The first kappa shape index (κ1) is 16.4. The minimum atomic E-state index is -0.303. The fourth-order valence-electron chi connectivity index (χ4n) is 2.19. The molecule has 0 unspecified atom stereocenters. The molecule has 1 N–H and O–H groups in total. The first-order valence-electron chi connectivity index (χ1n) is 6.95. The molecule has 0 saturated carbocycles. The molecule has 0 aliphatic carbocycles. The highest BCUT2D eigenvalue weighted by Crippen LogP contribution is 2.10. The van der Waals surface area contributed by atoms with E-state index >= 15 is 0 Å². The van der Waals surface area contributed by atoms with Crippen molar-refractivity contribution in [2.75, 3.05) is 39.8 Å². The summed E-state index contributed by atoms with van der Waals surface area (Å²) in [6, 6.07) is -0.303. The third-order valence-electron chi connectivity index (χ3n) is 3.22. The lowest BCUT2D eigenvalue weighted by Gasteiger charge is -2.21. The lowest BCUT2D eigenvalue weighted by molar-refractivity contribution is -0.132. The molecule has 0 atom stereocenters. The van der Waals surface area contributed by atoms with Crippen LogP contribution in [0.15, 0.2) is 0 Å². The molecule has 1 aliphatic rings. The van der Waals surface area contributed by atoms with Crippen molar-refractivity contribution in [2.24, 2.45) is 0 Å². The van der Waals surface area contributed by atoms with Crippen molar-refractivity contribution >= 4 is 17.8 Å². The van der Waals surface area contributed by atoms with Crippen LogP contribution in [-0.4, -0.2) is 77.5 Å².